The first-order valence-corrected chi connectivity index (χ1v) is 5.22. The molecule has 2 atom stereocenters. The zero-order chi connectivity index (χ0) is 14.1. The van der Waals surface area contributed by atoms with Gasteiger partial charge in [-0.25, -0.2) is 14.5 Å². The van der Waals surface area contributed by atoms with Crippen molar-refractivity contribution in [3.8, 4) is 0 Å². The highest BCUT2D eigenvalue weighted by Crippen LogP contribution is 2.22. The summed E-state index contributed by atoms with van der Waals surface area (Å²) in [4.78, 5) is 35.7. The van der Waals surface area contributed by atoms with Gasteiger partial charge in [-0.2, -0.15) is 0 Å². The molecule has 1 aliphatic rings. The summed E-state index contributed by atoms with van der Waals surface area (Å²) in [6.07, 6.45) is -2.13. The highest BCUT2D eigenvalue weighted by molar-refractivity contribution is 5.99. The van der Waals surface area contributed by atoms with Crippen molar-refractivity contribution in [2.45, 2.75) is 45.2 Å². The van der Waals surface area contributed by atoms with Gasteiger partial charge in [0.25, 0.3) is 0 Å². The smallest absolute Gasteiger partial charge is 0.417 e. The Kier molecular flexibility index (Phi) is 3.31. The van der Waals surface area contributed by atoms with Crippen LogP contribution in [0, 0.1) is 0 Å². The number of methoxy groups -OCH3 is 1. The summed E-state index contributed by atoms with van der Waals surface area (Å²) in [5.74, 6) is -1.38. The molecule has 2 amide bonds. The molecule has 0 spiro atoms. The van der Waals surface area contributed by atoms with Gasteiger partial charge in [0, 0.05) is 7.79 Å². The Bertz CT molecular complexity index is 376. The fourth-order valence-electron chi connectivity index (χ4n) is 1.42. The molecule has 0 saturated carbocycles. The minimum atomic E-state index is -1.22. The van der Waals surface area contributed by atoms with Gasteiger partial charge in [-0.3, -0.25) is 4.79 Å². The van der Waals surface area contributed by atoms with E-state index >= 15 is 0 Å². The molecule has 6 heteroatoms. The quantitative estimate of drug-likeness (QED) is 0.645. The number of hydrogen-bond acceptors (Lipinski definition) is 5. The first kappa shape index (κ1) is 11.9. The Morgan fingerprint density at radius 2 is 2.06 bits per heavy atom. The second kappa shape index (κ2) is 4.73. The second-order valence-corrected chi connectivity index (χ2v) is 4.65. The van der Waals surface area contributed by atoms with Crippen LogP contribution < -0.4 is 0 Å². The maximum absolute atomic E-state index is 11.8. The minimum absolute atomic E-state index is 0.195. The number of ether oxygens (including phenoxy) is 2. The van der Waals surface area contributed by atoms with Crippen molar-refractivity contribution in [3.05, 3.63) is 0 Å². The van der Waals surface area contributed by atoms with Crippen LogP contribution in [0.1, 0.15) is 35.0 Å². The number of imide groups is 1. The third kappa shape index (κ3) is 3.18. The lowest BCUT2D eigenvalue weighted by atomic mass is 10.2. The molecule has 17 heavy (non-hydrogen) atoms. The zero-order valence-corrected chi connectivity index (χ0v) is 10.4. The molecule has 0 radical (unpaired) electrons. The Labute approximate surface area is 101 Å². The number of nitrogens with zero attached hydrogens (tertiary/aromatic N) is 1. The fraction of sp³-hybridized carbons (Fsp3) is 0.727. The summed E-state index contributed by atoms with van der Waals surface area (Å²) in [6.45, 7) is 4.95. The summed E-state index contributed by atoms with van der Waals surface area (Å²) in [6, 6.07) is -1.22. The van der Waals surface area contributed by atoms with Crippen molar-refractivity contribution in [2.75, 3.05) is 7.11 Å². The summed E-state index contributed by atoms with van der Waals surface area (Å²) in [5.41, 5.74) is -0.780. The highest BCUT2D eigenvalue weighted by Gasteiger charge is 2.42. The predicted molar refractivity (Wildman–Crippen MR) is 58.1 cm³/mol. The number of carbonyl (C=O) groups is 3. The van der Waals surface area contributed by atoms with Gasteiger partial charge >= 0.3 is 12.1 Å². The average Bonchev–Trinajstić information content (AvgIpc) is 2.49. The molecule has 0 unspecified atom stereocenters. The summed E-state index contributed by atoms with van der Waals surface area (Å²) in [5, 5.41) is 0. The molecule has 0 aliphatic carbocycles. The first-order valence-electron chi connectivity index (χ1n) is 5.80. The molecule has 1 fully saturated rings. The van der Waals surface area contributed by atoms with E-state index in [1.54, 1.807) is 20.8 Å². The lowest BCUT2D eigenvalue weighted by Crippen LogP contribution is -2.45. The van der Waals surface area contributed by atoms with E-state index in [1.807, 2.05) is 0 Å². The maximum Gasteiger partial charge on any atom is 0.417 e. The van der Waals surface area contributed by atoms with Crippen LogP contribution in [0.15, 0.2) is 0 Å². The molecule has 1 heterocycles. The van der Waals surface area contributed by atoms with Crippen LogP contribution in [0.2, 0.25) is 0 Å². The van der Waals surface area contributed by atoms with Crippen molar-refractivity contribution in [2.24, 2.45) is 0 Å². The van der Waals surface area contributed by atoms with Gasteiger partial charge < -0.3 is 9.47 Å². The van der Waals surface area contributed by atoms with E-state index < -0.39 is 36.0 Å². The van der Waals surface area contributed by atoms with Crippen molar-refractivity contribution in [3.63, 3.8) is 0 Å². The molecule has 0 aromatic heterocycles. The first-order chi connectivity index (χ1) is 8.17. The van der Waals surface area contributed by atoms with Crippen molar-refractivity contribution < 1.29 is 25.2 Å². The molecular weight excluding hydrogens is 226 g/mol. The van der Waals surface area contributed by atoms with Crippen LogP contribution >= 0.6 is 0 Å². The molecular formula is C11H17NO5. The summed E-state index contributed by atoms with van der Waals surface area (Å²) in [7, 11) is 1.14. The zero-order valence-electron chi connectivity index (χ0n) is 11.4. The van der Waals surface area contributed by atoms with Gasteiger partial charge in [0.05, 0.1) is 7.11 Å². The molecule has 0 aromatic rings. The van der Waals surface area contributed by atoms with Crippen LogP contribution in [0.25, 0.3) is 0 Å². The summed E-state index contributed by atoms with van der Waals surface area (Å²) >= 11 is 0. The van der Waals surface area contributed by atoms with E-state index in [9.17, 15) is 14.4 Å². The third-order valence-electron chi connectivity index (χ3n) is 2.10. The van der Waals surface area contributed by atoms with Gasteiger partial charge in [0.1, 0.15) is 11.6 Å². The molecule has 0 N–H and O–H groups in total. The Morgan fingerprint density at radius 3 is 2.53 bits per heavy atom. The van der Waals surface area contributed by atoms with Crippen LogP contribution in [0.5, 0.6) is 0 Å². The molecule has 1 rings (SSSR count). The lowest BCUT2D eigenvalue weighted by molar-refractivity contribution is -0.148. The van der Waals surface area contributed by atoms with E-state index in [0.717, 1.165) is 7.11 Å². The van der Waals surface area contributed by atoms with Gasteiger partial charge in [0.2, 0.25) is 5.91 Å². The summed E-state index contributed by atoms with van der Waals surface area (Å²) < 4.78 is 17.2. The number of carbonyl (C=O) groups excluding carboxylic acids is 3. The molecule has 0 bridgehead atoms. The lowest BCUT2D eigenvalue weighted by Gasteiger charge is -2.26. The van der Waals surface area contributed by atoms with Gasteiger partial charge in [-0.1, -0.05) is 0 Å². The average molecular weight is 244 g/mol. The molecule has 0 aromatic carbocycles. The Morgan fingerprint density at radius 1 is 1.47 bits per heavy atom. The topological polar surface area (TPSA) is 72.9 Å². The Hall–Kier alpha value is -1.59. The van der Waals surface area contributed by atoms with Crippen LogP contribution in [-0.4, -0.2) is 41.6 Å². The van der Waals surface area contributed by atoms with E-state index in [2.05, 4.69) is 4.74 Å². The SMILES string of the molecule is [2H][C@@H]1CC(=O)N(C(=O)OC(C)(C)C)[C@@H]1C(=O)OC. The monoisotopic (exact) mass is 244 g/mol. The van der Waals surface area contributed by atoms with Crippen molar-refractivity contribution >= 4 is 18.0 Å². The molecule has 6 nitrogen and oxygen atoms in total. The largest absolute Gasteiger partial charge is 0.467 e. The number of rotatable bonds is 1. The number of amides is 2. The van der Waals surface area contributed by atoms with Crippen molar-refractivity contribution in [1.82, 2.24) is 4.90 Å². The number of hydrogen-bond donors (Lipinski definition) is 0. The molecule has 96 valence electrons. The van der Waals surface area contributed by atoms with Gasteiger partial charge in [-0.15, -0.1) is 0 Å². The normalized spacial score (nSPS) is 25.5. The minimum Gasteiger partial charge on any atom is -0.467 e. The van der Waals surface area contributed by atoms with Gasteiger partial charge in [-0.05, 0) is 27.2 Å². The third-order valence-corrected chi connectivity index (χ3v) is 2.10. The van der Waals surface area contributed by atoms with Crippen LogP contribution in [-0.2, 0) is 19.1 Å². The standard InChI is InChI=1S/C11H17NO5/c1-11(2,3)17-10(15)12-7(9(14)16-4)5-6-8(12)13/h7H,5-6H2,1-4H3/t7-/m0/s1/i5D/t5-,7+/m1. The predicted octanol–water partition coefficient (Wildman–Crippen LogP) is 1.09. The van der Waals surface area contributed by atoms with Crippen molar-refractivity contribution in [1.29, 1.82) is 0 Å². The van der Waals surface area contributed by atoms with Crippen LogP contribution in [0.4, 0.5) is 4.79 Å². The maximum atomic E-state index is 11.8. The fourth-order valence-corrected chi connectivity index (χ4v) is 1.42. The second-order valence-electron chi connectivity index (χ2n) is 4.65. The number of esters is 1. The van der Waals surface area contributed by atoms with Crippen LogP contribution in [0.3, 0.4) is 0 Å². The molecule has 1 saturated heterocycles. The van der Waals surface area contributed by atoms with Gasteiger partial charge in [0.15, 0.2) is 0 Å². The van der Waals surface area contributed by atoms with E-state index in [-0.39, 0.29) is 6.42 Å². The number of likely N-dealkylation sites (tertiary alicyclic amines) is 1. The van der Waals surface area contributed by atoms with E-state index in [1.165, 1.54) is 0 Å². The van der Waals surface area contributed by atoms with E-state index in [0.29, 0.717) is 4.90 Å². The molecule has 1 aliphatic heterocycles. The van der Waals surface area contributed by atoms with E-state index in [4.69, 9.17) is 6.11 Å². The Balaban J connectivity index is 2.93. The highest BCUT2D eigenvalue weighted by atomic mass is 16.6.